The lowest BCUT2D eigenvalue weighted by Gasteiger charge is -2.17. The Bertz CT molecular complexity index is 1280. The number of carbonyl (C=O) groups is 1. The zero-order valence-corrected chi connectivity index (χ0v) is 18.8. The number of aryl methyl sites for hydroxylation is 1. The van der Waals surface area contributed by atoms with E-state index in [4.69, 9.17) is 0 Å². The lowest BCUT2D eigenvalue weighted by molar-refractivity contribution is -0.118. The molecule has 1 amide bonds. The third-order valence-corrected chi connectivity index (χ3v) is 6.44. The summed E-state index contributed by atoms with van der Waals surface area (Å²) in [6.07, 6.45) is 2.97. The number of amides is 1. The van der Waals surface area contributed by atoms with Crippen LogP contribution in [0.25, 0.3) is 17.1 Å². The van der Waals surface area contributed by atoms with E-state index in [2.05, 4.69) is 32.9 Å². The molecule has 0 spiro atoms. The maximum Gasteiger partial charge on any atom is 0.250 e. The highest BCUT2D eigenvalue weighted by Gasteiger charge is 2.18. The first kappa shape index (κ1) is 21.2. The maximum atomic E-state index is 12.6. The Morgan fingerprint density at radius 1 is 0.909 bits per heavy atom. The Morgan fingerprint density at radius 2 is 1.64 bits per heavy atom. The van der Waals surface area contributed by atoms with Crippen LogP contribution in [0.15, 0.2) is 95.2 Å². The molecular formula is C26H23N5OS. The average Bonchev–Trinajstić information content (AvgIpc) is 3.31. The molecule has 0 aliphatic heterocycles. The van der Waals surface area contributed by atoms with Crippen LogP contribution < -0.4 is 5.43 Å². The van der Waals surface area contributed by atoms with Gasteiger partial charge in [-0.1, -0.05) is 84.6 Å². The highest BCUT2D eigenvalue weighted by Crippen LogP contribution is 2.28. The SMILES string of the molecule is O=C(CSc1nnc(-c2ccccc2)n1-c1ccccc1)NN=C1CCCc2ccccc21. The summed E-state index contributed by atoms with van der Waals surface area (Å²) in [4.78, 5) is 12.6. The fourth-order valence-corrected chi connectivity index (χ4v) is 4.70. The largest absolute Gasteiger partial charge is 0.272 e. The van der Waals surface area contributed by atoms with Crippen LogP contribution in [0.5, 0.6) is 0 Å². The van der Waals surface area contributed by atoms with Crippen molar-refractivity contribution in [3.8, 4) is 17.1 Å². The standard InChI is InChI=1S/C26H23N5OS/c32-24(28-27-23-17-9-13-19-10-7-8-16-22(19)23)18-33-26-30-29-25(20-11-3-1-4-12-20)31(26)21-14-5-2-6-15-21/h1-8,10-12,14-16H,9,13,17-18H2,(H,28,32). The van der Waals surface area contributed by atoms with Crippen LogP contribution in [0.4, 0.5) is 0 Å². The van der Waals surface area contributed by atoms with Crippen molar-refractivity contribution < 1.29 is 4.79 Å². The number of rotatable bonds is 6. The predicted octanol–water partition coefficient (Wildman–Crippen LogP) is 4.88. The molecule has 7 heteroatoms. The highest BCUT2D eigenvalue weighted by atomic mass is 32.2. The molecule has 1 aliphatic carbocycles. The Kier molecular flexibility index (Phi) is 6.30. The van der Waals surface area contributed by atoms with Crippen LogP contribution in [0.2, 0.25) is 0 Å². The Hall–Kier alpha value is -3.71. The zero-order chi connectivity index (χ0) is 22.5. The van der Waals surface area contributed by atoms with E-state index < -0.39 is 0 Å². The van der Waals surface area contributed by atoms with Crippen LogP contribution in [-0.2, 0) is 11.2 Å². The van der Waals surface area contributed by atoms with Gasteiger partial charge in [0.1, 0.15) is 0 Å². The minimum Gasteiger partial charge on any atom is -0.272 e. The van der Waals surface area contributed by atoms with Crippen LogP contribution in [0.3, 0.4) is 0 Å². The smallest absolute Gasteiger partial charge is 0.250 e. The molecule has 0 saturated heterocycles. The van der Waals surface area contributed by atoms with Crippen molar-refractivity contribution in [1.29, 1.82) is 0 Å². The predicted molar refractivity (Wildman–Crippen MR) is 132 cm³/mol. The van der Waals surface area contributed by atoms with E-state index in [0.717, 1.165) is 47.6 Å². The molecule has 33 heavy (non-hydrogen) atoms. The maximum absolute atomic E-state index is 12.6. The van der Waals surface area contributed by atoms with Gasteiger partial charge in [-0.3, -0.25) is 9.36 Å². The average molecular weight is 454 g/mol. The van der Waals surface area contributed by atoms with Crippen molar-refractivity contribution in [2.45, 2.75) is 24.4 Å². The van der Waals surface area contributed by atoms with Crippen LogP contribution in [0.1, 0.15) is 24.0 Å². The van der Waals surface area contributed by atoms with Gasteiger partial charge < -0.3 is 0 Å². The molecule has 3 aromatic carbocycles. The van der Waals surface area contributed by atoms with Crippen molar-refractivity contribution in [1.82, 2.24) is 20.2 Å². The van der Waals surface area contributed by atoms with Gasteiger partial charge in [0.05, 0.1) is 11.5 Å². The van der Waals surface area contributed by atoms with Crippen molar-refractivity contribution in [3.05, 3.63) is 96.1 Å². The van der Waals surface area contributed by atoms with Gasteiger partial charge in [0.2, 0.25) is 0 Å². The third-order valence-electron chi connectivity index (χ3n) is 5.52. The molecule has 0 fully saturated rings. The van der Waals surface area contributed by atoms with E-state index in [1.54, 1.807) is 0 Å². The summed E-state index contributed by atoms with van der Waals surface area (Å²) in [6.45, 7) is 0. The second-order valence-electron chi connectivity index (χ2n) is 7.74. The summed E-state index contributed by atoms with van der Waals surface area (Å²) in [5.74, 6) is 0.765. The summed E-state index contributed by atoms with van der Waals surface area (Å²) in [6, 6.07) is 28.1. The van der Waals surface area contributed by atoms with Crippen LogP contribution >= 0.6 is 11.8 Å². The number of fused-ring (bicyclic) bond motifs is 1. The summed E-state index contributed by atoms with van der Waals surface area (Å²) < 4.78 is 1.98. The Morgan fingerprint density at radius 3 is 2.45 bits per heavy atom. The molecule has 0 bridgehead atoms. The number of nitrogens with zero attached hydrogens (tertiary/aromatic N) is 4. The fraction of sp³-hybridized carbons (Fsp3) is 0.154. The van der Waals surface area contributed by atoms with E-state index in [0.29, 0.717) is 5.16 Å². The number of hydrazone groups is 1. The monoisotopic (exact) mass is 453 g/mol. The number of benzene rings is 3. The molecule has 1 heterocycles. The quantitative estimate of drug-likeness (QED) is 0.334. The van der Waals surface area contributed by atoms with Gasteiger partial charge in [0.15, 0.2) is 11.0 Å². The minimum atomic E-state index is -0.167. The fourth-order valence-electron chi connectivity index (χ4n) is 3.96. The van der Waals surface area contributed by atoms with Crippen LogP contribution in [-0.4, -0.2) is 32.1 Å². The third kappa shape index (κ3) is 4.73. The number of hydrogen-bond acceptors (Lipinski definition) is 5. The molecule has 5 rings (SSSR count). The Balaban J connectivity index is 1.33. The van der Waals surface area contributed by atoms with Gasteiger partial charge >= 0.3 is 0 Å². The molecule has 4 aromatic rings. The molecule has 164 valence electrons. The van der Waals surface area contributed by atoms with Crippen molar-refractivity contribution in [2.75, 3.05) is 5.75 Å². The molecule has 1 N–H and O–H groups in total. The zero-order valence-electron chi connectivity index (χ0n) is 18.0. The summed E-state index contributed by atoms with van der Waals surface area (Å²) in [5, 5.41) is 13.9. The van der Waals surface area contributed by atoms with Crippen molar-refractivity contribution >= 4 is 23.4 Å². The second kappa shape index (κ2) is 9.83. The summed E-state index contributed by atoms with van der Waals surface area (Å²) >= 11 is 1.35. The van der Waals surface area contributed by atoms with Gasteiger partial charge in [-0.15, -0.1) is 10.2 Å². The molecule has 0 unspecified atom stereocenters. The minimum absolute atomic E-state index is 0.167. The molecule has 0 radical (unpaired) electrons. The van der Waals surface area contributed by atoms with Gasteiger partial charge in [-0.05, 0) is 37.0 Å². The number of carbonyl (C=O) groups excluding carboxylic acids is 1. The molecular weight excluding hydrogens is 430 g/mol. The lowest BCUT2D eigenvalue weighted by Crippen LogP contribution is -2.23. The first-order valence-corrected chi connectivity index (χ1v) is 11.9. The molecule has 1 aromatic heterocycles. The number of aromatic nitrogens is 3. The molecule has 1 aliphatic rings. The van der Waals surface area contributed by atoms with Crippen LogP contribution in [0, 0.1) is 0 Å². The van der Waals surface area contributed by atoms with Crippen molar-refractivity contribution in [2.24, 2.45) is 5.10 Å². The molecule has 6 nitrogen and oxygen atoms in total. The summed E-state index contributed by atoms with van der Waals surface area (Å²) in [5.41, 5.74) is 8.00. The van der Waals surface area contributed by atoms with E-state index in [9.17, 15) is 4.79 Å². The van der Waals surface area contributed by atoms with Gasteiger partial charge in [-0.25, -0.2) is 5.43 Å². The number of hydrogen-bond donors (Lipinski definition) is 1. The number of para-hydroxylation sites is 1. The topological polar surface area (TPSA) is 72.2 Å². The van der Waals surface area contributed by atoms with Gasteiger partial charge in [-0.2, -0.15) is 5.10 Å². The van der Waals surface area contributed by atoms with E-state index in [-0.39, 0.29) is 11.7 Å². The molecule has 0 atom stereocenters. The number of nitrogens with one attached hydrogen (secondary N) is 1. The summed E-state index contributed by atoms with van der Waals surface area (Å²) in [7, 11) is 0. The van der Waals surface area contributed by atoms with E-state index >= 15 is 0 Å². The highest BCUT2D eigenvalue weighted by molar-refractivity contribution is 7.99. The molecule has 0 saturated carbocycles. The second-order valence-corrected chi connectivity index (χ2v) is 8.68. The first-order chi connectivity index (χ1) is 16.3. The number of thioether (sulfide) groups is 1. The van der Waals surface area contributed by atoms with Gasteiger partial charge in [0.25, 0.3) is 5.91 Å². The first-order valence-electron chi connectivity index (χ1n) is 10.9. The Labute approximate surface area is 196 Å². The normalized spacial score (nSPS) is 14.1. The lowest BCUT2D eigenvalue weighted by atomic mass is 9.90. The van der Waals surface area contributed by atoms with E-state index in [1.807, 2.05) is 77.4 Å². The van der Waals surface area contributed by atoms with E-state index in [1.165, 1.54) is 17.3 Å². The van der Waals surface area contributed by atoms with Crippen molar-refractivity contribution in [3.63, 3.8) is 0 Å². The van der Waals surface area contributed by atoms with Gasteiger partial charge in [0, 0.05) is 16.8 Å².